The number of benzene rings is 1. The molecule has 0 saturated carbocycles. The lowest BCUT2D eigenvalue weighted by Crippen LogP contribution is -2.52. The van der Waals surface area contributed by atoms with Gasteiger partial charge in [-0.1, -0.05) is 11.6 Å². The highest BCUT2D eigenvalue weighted by Gasteiger charge is 2.41. The van der Waals surface area contributed by atoms with Crippen LogP contribution in [0.5, 0.6) is 0 Å². The Morgan fingerprint density at radius 3 is 2.36 bits per heavy atom. The summed E-state index contributed by atoms with van der Waals surface area (Å²) < 4.78 is 14.1. The number of anilines is 1. The van der Waals surface area contributed by atoms with E-state index in [2.05, 4.69) is 0 Å². The predicted octanol–water partition coefficient (Wildman–Crippen LogP) is 1.52. The predicted molar refractivity (Wildman–Crippen MR) is 90.7 cm³/mol. The third-order valence-corrected chi connectivity index (χ3v) is 4.98. The third-order valence-electron chi connectivity index (χ3n) is 4.74. The number of rotatable bonds is 2. The Morgan fingerprint density at radius 1 is 1.12 bits per heavy atom. The van der Waals surface area contributed by atoms with Crippen LogP contribution in [-0.4, -0.2) is 60.2 Å². The number of hydrogen-bond donors (Lipinski definition) is 0. The molecule has 2 heterocycles. The molecule has 1 atom stereocenters. The van der Waals surface area contributed by atoms with E-state index in [1.807, 2.05) is 0 Å². The van der Waals surface area contributed by atoms with Gasteiger partial charge >= 0.3 is 0 Å². The van der Waals surface area contributed by atoms with Crippen molar-refractivity contribution in [3.63, 3.8) is 0 Å². The molecule has 2 aliphatic heterocycles. The van der Waals surface area contributed by atoms with E-state index in [0.29, 0.717) is 39.1 Å². The van der Waals surface area contributed by atoms with Gasteiger partial charge in [-0.15, -0.1) is 0 Å². The van der Waals surface area contributed by atoms with Gasteiger partial charge in [0.2, 0.25) is 17.7 Å². The fourth-order valence-electron chi connectivity index (χ4n) is 3.31. The van der Waals surface area contributed by atoms with E-state index in [1.54, 1.807) is 9.80 Å². The quantitative estimate of drug-likeness (QED) is 0.745. The topological polar surface area (TPSA) is 60.9 Å². The molecule has 1 unspecified atom stereocenters. The smallest absolute Gasteiger partial charge is 0.239 e. The average molecular weight is 368 g/mol. The summed E-state index contributed by atoms with van der Waals surface area (Å²) in [5, 5.41) is 0.254. The summed E-state index contributed by atoms with van der Waals surface area (Å²) >= 11 is 5.74. The molecule has 0 spiro atoms. The molecule has 3 amide bonds. The van der Waals surface area contributed by atoms with Gasteiger partial charge in [-0.25, -0.2) is 4.39 Å². The van der Waals surface area contributed by atoms with Crippen molar-refractivity contribution >= 4 is 35.0 Å². The molecule has 25 heavy (non-hydrogen) atoms. The van der Waals surface area contributed by atoms with Gasteiger partial charge in [0.25, 0.3) is 0 Å². The molecule has 2 aliphatic rings. The van der Waals surface area contributed by atoms with Crippen LogP contribution in [0, 0.1) is 11.7 Å². The normalized spacial score (nSPS) is 21.0. The van der Waals surface area contributed by atoms with E-state index >= 15 is 0 Å². The largest absolute Gasteiger partial charge is 0.339 e. The molecule has 1 aromatic carbocycles. The molecule has 0 N–H and O–H groups in total. The van der Waals surface area contributed by atoms with Crippen LogP contribution in [0.1, 0.15) is 13.3 Å². The monoisotopic (exact) mass is 367 g/mol. The van der Waals surface area contributed by atoms with Crippen LogP contribution in [0.15, 0.2) is 18.2 Å². The number of hydrogen-bond acceptors (Lipinski definition) is 3. The van der Waals surface area contributed by atoms with Crippen molar-refractivity contribution in [2.75, 3.05) is 37.6 Å². The van der Waals surface area contributed by atoms with Crippen LogP contribution in [0.2, 0.25) is 5.02 Å². The summed E-state index contributed by atoms with van der Waals surface area (Å²) in [6.07, 6.45) is 0.354. The molecule has 0 bridgehead atoms. The van der Waals surface area contributed by atoms with E-state index in [9.17, 15) is 18.8 Å². The van der Waals surface area contributed by atoms with Crippen LogP contribution in [-0.2, 0) is 14.4 Å². The lowest BCUT2D eigenvalue weighted by atomic mass is 10.1. The minimum Gasteiger partial charge on any atom is -0.339 e. The van der Waals surface area contributed by atoms with Crippen molar-refractivity contribution < 1.29 is 18.8 Å². The van der Waals surface area contributed by atoms with Crippen LogP contribution in [0.3, 0.4) is 0 Å². The highest BCUT2D eigenvalue weighted by molar-refractivity contribution is 6.30. The second-order valence-corrected chi connectivity index (χ2v) is 6.69. The SMILES string of the molecule is CC(=O)N1CCN(C(=O)C2CCN(c3ccc(Cl)cc3F)C2=O)CC1. The van der Waals surface area contributed by atoms with E-state index in [1.165, 1.54) is 24.0 Å². The van der Waals surface area contributed by atoms with Crippen molar-refractivity contribution in [3.8, 4) is 0 Å². The minimum atomic E-state index is -0.793. The van der Waals surface area contributed by atoms with Crippen LogP contribution in [0.4, 0.5) is 10.1 Å². The number of nitrogens with zero attached hydrogens (tertiary/aromatic N) is 3. The Balaban J connectivity index is 1.67. The summed E-state index contributed by atoms with van der Waals surface area (Å²) in [6, 6.07) is 4.12. The van der Waals surface area contributed by atoms with Crippen molar-refractivity contribution in [1.82, 2.24) is 9.80 Å². The second kappa shape index (κ2) is 7.00. The van der Waals surface area contributed by atoms with Crippen LogP contribution >= 0.6 is 11.6 Å². The maximum absolute atomic E-state index is 14.1. The van der Waals surface area contributed by atoms with Gasteiger partial charge in [0.1, 0.15) is 11.7 Å². The molecule has 2 saturated heterocycles. The number of carbonyl (C=O) groups is 3. The molecular weight excluding hydrogens is 349 g/mol. The lowest BCUT2D eigenvalue weighted by molar-refractivity contribution is -0.144. The fraction of sp³-hybridized carbons (Fsp3) is 0.471. The Kier molecular flexibility index (Phi) is 4.94. The van der Waals surface area contributed by atoms with E-state index in [0.717, 1.165) is 6.07 Å². The van der Waals surface area contributed by atoms with Gasteiger partial charge < -0.3 is 14.7 Å². The Bertz CT molecular complexity index is 719. The van der Waals surface area contributed by atoms with Gasteiger partial charge in [-0.3, -0.25) is 14.4 Å². The molecule has 0 aromatic heterocycles. The summed E-state index contributed by atoms with van der Waals surface area (Å²) in [5.41, 5.74) is 0.145. The standard InChI is InChI=1S/C17H19ClFN3O3/c1-11(23)20-6-8-21(9-7-20)16(24)13-4-5-22(17(13)25)15-3-2-12(18)10-14(15)19/h2-3,10,13H,4-9H2,1H3. The lowest BCUT2D eigenvalue weighted by Gasteiger charge is -2.35. The third kappa shape index (κ3) is 3.46. The zero-order chi connectivity index (χ0) is 18.1. The molecule has 134 valence electrons. The van der Waals surface area contributed by atoms with Crippen molar-refractivity contribution in [2.45, 2.75) is 13.3 Å². The van der Waals surface area contributed by atoms with Crippen molar-refractivity contribution in [2.24, 2.45) is 5.92 Å². The average Bonchev–Trinajstić information content (AvgIpc) is 2.96. The summed E-state index contributed by atoms with van der Waals surface area (Å²) in [7, 11) is 0. The van der Waals surface area contributed by atoms with Gasteiger partial charge in [0, 0.05) is 44.7 Å². The highest BCUT2D eigenvalue weighted by atomic mass is 35.5. The maximum Gasteiger partial charge on any atom is 0.239 e. The van der Waals surface area contributed by atoms with Gasteiger partial charge in [0.05, 0.1) is 5.69 Å². The minimum absolute atomic E-state index is 0.0200. The summed E-state index contributed by atoms with van der Waals surface area (Å²) in [4.78, 5) is 41.2. The molecule has 2 fully saturated rings. The first-order valence-corrected chi connectivity index (χ1v) is 8.57. The summed E-state index contributed by atoms with van der Waals surface area (Å²) in [5.74, 6) is -2.03. The van der Waals surface area contributed by atoms with E-state index in [-0.39, 0.29) is 28.4 Å². The molecular formula is C17H19ClFN3O3. The number of amides is 3. The highest BCUT2D eigenvalue weighted by Crippen LogP contribution is 2.30. The van der Waals surface area contributed by atoms with Crippen LogP contribution < -0.4 is 4.90 Å². The first-order chi connectivity index (χ1) is 11.9. The number of halogens is 2. The van der Waals surface area contributed by atoms with Crippen molar-refractivity contribution in [1.29, 1.82) is 0 Å². The van der Waals surface area contributed by atoms with Gasteiger partial charge in [0.15, 0.2) is 0 Å². The zero-order valence-corrected chi connectivity index (χ0v) is 14.6. The van der Waals surface area contributed by atoms with Gasteiger partial charge in [-0.05, 0) is 24.6 Å². The maximum atomic E-state index is 14.1. The zero-order valence-electron chi connectivity index (χ0n) is 13.9. The molecule has 0 aliphatic carbocycles. The molecule has 0 radical (unpaired) electrons. The van der Waals surface area contributed by atoms with Crippen LogP contribution in [0.25, 0.3) is 0 Å². The van der Waals surface area contributed by atoms with Gasteiger partial charge in [-0.2, -0.15) is 0 Å². The Hall–Kier alpha value is -2.15. The van der Waals surface area contributed by atoms with Crippen molar-refractivity contribution in [3.05, 3.63) is 29.0 Å². The second-order valence-electron chi connectivity index (χ2n) is 6.26. The molecule has 8 heteroatoms. The number of carbonyl (C=O) groups excluding carboxylic acids is 3. The molecule has 3 rings (SSSR count). The van der Waals surface area contributed by atoms with E-state index in [4.69, 9.17) is 11.6 Å². The molecule has 1 aromatic rings. The fourth-order valence-corrected chi connectivity index (χ4v) is 3.47. The Labute approximate surface area is 150 Å². The Morgan fingerprint density at radius 2 is 1.76 bits per heavy atom. The first kappa shape index (κ1) is 17.7. The first-order valence-electron chi connectivity index (χ1n) is 8.19. The van der Waals surface area contributed by atoms with E-state index < -0.39 is 11.7 Å². The summed E-state index contributed by atoms with van der Waals surface area (Å²) in [6.45, 7) is 3.56. The molecule has 6 nitrogen and oxygen atoms in total. The number of piperazine rings is 1.